The summed E-state index contributed by atoms with van der Waals surface area (Å²) in [4.78, 5) is 0. The monoisotopic (exact) mass is 173 g/mol. The molecule has 0 aromatic heterocycles. The van der Waals surface area contributed by atoms with Crippen molar-refractivity contribution in [3.63, 3.8) is 0 Å². The summed E-state index contributed by atoms with van der Waals surface area (Å²) >= 11 is 2.13. The van der Waals surface area contributed by atoms with Crippen LogP contribution in [0, 0.1) is 5.92 Å². The van der Waals surface area contributed by atoms with Gasteiger partial charge in [0.2, 0.25) is 0 Å². The molecule has 0 aromatic rings. The summed E-state index contributed by atoms with van der Waals surface area (Å²) in [6.45, 7) is 4.40. The van der Waals surface area contributed by atoms with E-state index in [0.717, 1.165) is 24.4 Å². The van der Waals surface area contributed by atoms with E-state index in [0.29, 0.717) is 0 Å². The average molecular weight is 173 g/mol. The first kappa shape index (κ1) is 7.90. The summed E-state index contributed by atoms with van der Waals surface area (Å²) in [7, 11) is 0. The molecule has 2 aliphatic rings. The van der Waals surface area contributed by atoms with Crippen molar-refractivity contribution in [3.05, 3.63) is 0 Å². The highest BCUT2D eigenvalue weighted by molar-refractivity contribution is 7.99. The normalized spacial score (nSPS) is 34.4. The van der Waals surface area contributed by atoms with Crippen LogP contribution in [0.25, 0.3) is 0 Å². The minimum atomic E-state index is 0.825. The zero-order chi connectivity index (χ0) is 7.52. The Morgan fingerprint density at radius 1 is 1.36 bits per heavy atom. The number of hydrogen-bond acceptors (Lipinski definition) is 3. The minimum Gasteiger partial charge on any atom is -0.381 e. The molecule has 2 heterocycles. The third-order valence-corrected chi connectivity index (χ3v) is 3.87. The summed E-state index contributed by atoms with van der Waals surface area (Å²) in [5.74, 6) is 2.17. The van der Waals surface area contributed by atoms with Gasteiger partial charge in [-0.15, -0.1) is 0 Å². The van der Waals surface area contributed by atoms with Crippen LogP contribution in [0.2, 0.25) is 0 Å². The third-order valence-electron chi connectivity index (χ3n) is 2.36. The summed E-state index contributed by atoms with van der Waals surface area (Å²) in [6.07, 6.45) is 1.33. The molecule has 2 nitrogen and oxygen atoms in total. The molecule has 0 radical (unpaired) electrons. The van der Waals surface area contributed by atoms with Gasteiger partial charge in [-0.2, -0.15) is 11.8 Å². The number of ether oxygens (including phenoxy) is 1. The van der Waals surface area contributed by atoms with Gasteiger partial charge in [0, 0.05) is 17.7 Å². The molecule has 11 heavy (non-hydrogen) atoms. The molecule has 0 aliphatic carbocycles. The van der Waals surface area contributed by atoms with E-state index in [4.69, 9.17) is 4.74 Å². The van der Waals surface area contributed by atoms with Gasteiger partial charge in [0.05, 0.1) is 13.2 Å². The maximum absolute atomic E-state index is 5.19. The van der Waals surface area contributed by atoms with Crippen LogP contribution < -0.4 is 5.32 Å². The predicted molar refractivity (Wildman–Crippen MR) is 48.0 cm³/mol. The fourth-order valence-electron chi connectivity index (χ4n) is 1.51. The maximum Gasteiger partial charge on any atom is 0.0527 e. The van der Waals surface area contributed by atoms with Crippen LogP contribution >= 0.6 is 11.8 Å². The summed E-state index contributed by atoms with van der Waals surface area (Å²) < 4.78 is 5.19. The number of nitrogens with one attached hydrogen (secondary N) is 1. The van der Waals surface area contributed by atoms with Crippen LogP contribution in [0.1, 0.15) is 6.42 Å². The van der Waals surface area contributed by atoms with Crippen molar-refractivity contribution < 1.29 is 4.74 Å². The number of thioether (sulfide) groups is 1. The van der Waals surface area contributed by atoms with E-state index in [2.05, 4.69) is 17.1 Å². The van der Waals surface area contributed by atoms with E-state index in [-0.39, 0.29) is 0 Å². The Morgan fingerprint density at radius 2 is 2.27 bits per heavy atom. The van der Waals surface area contributed by atoms with Crippen LogP contribution in [0.3, 0.4) is 0 Å². The molecule has 2 rings (SSSR count). The molecule has 3 heteroatoms. The Kier molecular flexibility index (Phi) is 2.72. The van der Waals surface area contributed by atoms with Crippen LogP contribution in [-0.4, -0.2) is 37.3 Å². The van der Waals surface area contributed by atoms with Gasteiger partial charge in [-0.3, -0.25) is 0 Å². The average Bonchev–Trinajstić information content (AvgIpc) is 2.12. The molecule has 2 fully saturated rings. The molecular formula is C8H15NOS. The topological polar surface area (TPSA) is 21.3 Å². The molecule has 0 saturated carbocycles. The lowest BCUT2D eigenvalue weighted by molar-refractivity contribution is -0.0318. The minimum absolute atomic E-state index is 0.825. The van der Waals surface area contributed by atoms with E-state index < -0.39 is 0 Å². The lowest BCUT2D eigenvalue weighted by Gasteiger charge is -2.32. The quantitative estimate of drug-likeness (QED) is 0.631. The number of rotatable bonds is 1. The van der Waals surface area contributed by atoms with E-state index in [1.165, 1.54) is 25.3 Å². The van der Waals surface area contributed by atoms with Crippen molar-refractivity contribution in [2.75, 3.05) is 32.1 Å². The first-order valence-corrected chi connectivity index (χ1v) is 5.42. The summed E-state index contributed by atoms with van der Waals surface area (Å²) in [5.41, 5.74) is 0. The molecule has 1 unspecified atom stereocenters. The SMILES string of the molecule is C1CNCC(C2COC2)SC1. The van der Waals surface area contributed by atoms with Crippen molar-refractivity contribution in [1.82, 2.24) is 5.32 Å². The first-order chi connectivity index (χ1) is 5.47. The Morgan fingerprint density at radius 3 is 3.00 bits per heavy atom. The van der Waals surface area contributed by atoms with Crippen LogP contribution in [0.5, 0.6) is 0 Å². The van der Waals surface area contributed by atoms with Crippen molar-refractivity contribution >= 4 is 11.8 Å². The second-order valence-corrected chi connectivity index (χ2v) is 4.61. The lowest BCUT2D eigenvalue weighted by Crippen LogP contribution is -2.40. The second-order valence-electron chi connectivity index (χ2n) is 3.26. The number of hydrogen-bond donors (Lipinski definition) is 1. The standard InChI is InChI=1S/C8H15NOS/c1-2-9-4-8(11-3-1)7-5-10-6-7/h7-9H,1-6H2. The van der Waals surface area contributed by atoms with Gasteiger partial charge < -0.3 is 10.1 Å². The van der Waals surface area contributed by atoms with Crippen LogP contribution in [0.4, 0.5) is 0 Å². The third kappa shape index (κ3) is 1.89. The molecule has 2 saturated heterocycles. The van der Waals surface area contributed by atoms with Crippen molar-refractivity contribution in [3.8, 4) is 0 Å². The molecule has 64 valence electrons. The van der Waals surface area contributed by atoms with Crippen LogP contribution in [-0.2, 0) is 4.74 Å². The Bertz CT molecular complexity index is 119. The van der Waals surface area contributed by atoms with Gasteiger partial charge >= 0.3 is 0 Å². The van der Waals surface area contributed by atoms with E-state index in [1.807, 2.05) is 0 Å². The maximum atomic E-state index is 5.19. The zero-order valence-electron chi connectivity index (χ0n) is 6.71. The molecule has 0 bridgehead atoms. The Hall–Kier alpha value is 0.270. The highest BCUT2D eigenvalue weighted by Crippen LogP contribution is 2.26. The highest BCUT2D eigenvalue weighted by atomic mass is 32.2. The van der Waals surface area contributed by atoms with Gasteiger partial charge in [0.25, 0.3) is 0 Å². The largest absolute Gasteiger partial charge is 0.381 e. The van der Waals surface area contributed by atoms with Gasteiger partial charge in [0.15, 0.2) is 0 Å². The van der Waals surface area contributed by atoms with Crippen molar-refractivity contribution in [2.45, 2.75) is 11.7 Å². The van der Waals surface area contributed by atoms with Gasteiger partial charge in [0.1, 0.15) is 0 Å². The fourth-order valence-corrected chi connectivity index (χ4v) is 2.79. The first-order valence-electron chi connectivity index (χ1n) is 4.37. The van der Waals surface area contributed by atoms with Gasteiger partial charge in [-0.25, -0.2) is 0 Å². The van der Waals surface area contributed by atoms with E-state index in [1.54, 1.807) is 0 Å². The summed E-state index contributed by atoms with van der Waals surface area (Å²) in [5, 5.41) is 4.30. The molecule has 0 amide bonds. The highest BCUT2D eigenvalue weighted by Gasteiger charge is 2.28. The lowest BCUT2D eigenvalue weighted by atomic mass is 10.0. The Labute approximate surface area is 72.1 Å². The Balaban J connectivity index is 1.80. The smallest absolute Gasteiger partial charge is 0.0527 e. The second kappa shape index (κ2) is 3.78. The molecular weight excluding hydrogens is 158 g/mol. The van der Waals surface area contributed by atoms with Crippen molar-refractivity contribution in [2.24, 2.45) is 5.92 Å². The van der Waals surface area contributed by atoms with Crippen molar-refractivity contribution in [1.29, 1.82) is 0 Å². The molecule has 1 N–H and O–H groups in total. The zero-order valence-corrected chi connectivity index (χ0v) is 7.53. The van der Waals surface area contributed by atoms with Crippen LogP contribution in [0.15, 0.2) is 0 Å². The predicted octanol–water partition coefficient (Wildman–Crippen LogP) is 0.728. The fraction of sp³-hybridized carbons (Fsp3) is 1.00. The van der Waals surface area contributed by atoms with Gasteiger partial charge in [-0.1, -0.05) is 0 Å². The van der Waals surface area contributed by atoms with Gasteiger partial charge in [-0.05, 0) is 18.7 Å². The molecule has 1 atom stereocenters. The summed E-state index contributed by atoms with van der Waals surface area (Å²) in [6, 6.07) is 0. The van der Waals surface area contributed by atoms with E-state index >= 15 is 0 Å². The molecule has 0 aromatic carbocycles. The van der Waals surface area contributed by atoms with E-state index in [9.17, 15) is 0 Å². The molecule has 2 aliphatic heterocycles. The molecule has 0 spiro atoms.